The first kappa shape index (κ1) is 12.7. The van der Waals surface area contributed by atoms with Gasteiger partial charge in [0.25, 0.3) is 5.91 Å². The highest BCUT2D eigenvalue weighted by Crippen LogP contribution is 2.30. The molecule has 0 bridgehead atoms. The minimum absolute atomic E-state index is 0.260. The van der Waals surface area contributed by atoms with Crippen molar-refractivity contribution in [1.29, 1.82) is 0 Å². The predicted molar refractivity (Wildman–Crippen MR) is 69.0 cm³/mol. The van der Waals surface area contributed by atoms with Crippen molar-refractivity contribution in [1.82, 2.24) is 10.0 Å². The molecule has 0 radical (unpaired) electrons. The number of carbonyl (C=O) groups is 1. The summed E-state index contributed by atoms with van der Waals surface area (Å²) in [5.74, 6) is 0.300. The van der Waals surface area contributed by atoms with Crippen molar-refractivity contribution in [3.63, 3.8) is 0 Å². The van der Waals surface area contributed by atoms with Crippen LogP contribution in [0.15, 0.2) is 18.2 Å². The maximum Gasteiger partial charge on any atom is 0.293 e. The second-order valence-electron chi connectivity index (χ2n) is 3.74. The summed E-state index contributed by atoms with van der Waals surface area (Å²) in [4.78, 5) is 19.7. The summed E-state index contributed by atoms with van der Waals surface area (Å²) >= 11 is 6.02. The number of fused-ring (bicyclic) bond motifs is 1. The number of halogens is 1. The topological polar surface area (TPSA) is 54.6 Å². The average molecular weight is 269 g/mol. The van der Waals surface area contributed by atoms with Gasteiger partial charge in [-0.05, 0) is 12.1 Å². The van der Waals surface area contributed by atoms with E-state index in [4.69, 9.17) is 21.2 Å². The zero-order chi connectivity index (χ0) is 13.3. The summed E-state index contributed by atoms with van der Waals surface area (Å²) in [6, 6.07) is 5.22. The van der Waals surface area contributed by atoms with E-state index in [1.807, 2.05) is 0 Å². The Bertz CT molecular complexity index is 594. The largest absolute Gasteiger partial charge is 0.495 e. The van der Waals surface area contributed by atoms with Gasteiger partial charge in [-0.1, -0.05) is 11.6 Å². The van der Waals surface area contributed by atoms with Gasteiger partial charge in [0, 0.05) is 24.0 Å². The fourth-order valence-corrected chi connectivity index (χ4v) is 1.91. The molecule has 0 unspecified atom stereocenters. The summed E-state index contributed by atoms with van der Waals surface area (Å²) in [5, 5.41) is 2.49. The maximum atomic E-state index is 11.9. The van der Waals surface area contributed by atoms with E-state index in [0.29, 0.717) is 16.5 Å². The number of benzene rings is 1. The molecule has 1 aromatic carbocycles. The van der Waals surface area contributed by atoms with Crippen LogP contribution in [0.25, 0.3) is 10.9 Å². The quantitative estimate of drug-likeness (QED) is 0.870. The SMILES string of the molecule is COc1cc2[nH]c(C(=O)N(C)OC)cc2cc1Cl. The number of nitrogens with zero attached hydrogens (tertiary/aromatic N) is 1. The minimum atomic E-state index is -0.260. The van der Waals surface area contributed by atoms with E-state index >= 15 is 0 Å². The Labute approximate surface area is 109 Å². The molecule has 0 aliphatic carbocycles. The number of hydroxylamine groups is 2. The van der Waals surface area contributed by atoms with Gasteiger partial charge in [-0.15, -0.1) is 0 Å². The highest BCUT2D eigenvalue weighted by atomic mass is 35.5. The molecule has 0 aliphatic rings. The highest BCUT2D eigenvalue weighted by Gasteiger charge is 2.15. The second kappa shape index (κ2) is 4.88. The molecule has 2 aromatic rings. The average Bonchev–Trinajstić information content (AvgIpc) is 2.78. The molecule has 1 N–H and O–H groups in total. The number of hydrogen-bond acceptors (Lipinski definition) is 3. The molecule has 6 heteroatoms. The molecule has 1 amide bonds. The van der Waals surface area contributed by atoms with Gasteiger partial charge in [0.15, 0.2) is 0 Å². The highest BCUT2D eigenvalue weighted by molar-refractivity contribution is 6.32. The Balaban J connectivity index is 2.47. The number of aromatic amines is 1. The second-order valence-corrected chi connectivity index (χ2v) is 4.15. The van der Waals surface area contributed by atoms with E-state index in [9.17, 15) is 4.79 Å². The van der Waals surface area contributed by atoms with Gasteiger partial charge in [0.2, 0.25) is 0 Å². The van der Waals surface area contributed by atoms with E-state index in [1.54, 1.807) is 32.4 Å². The predicted octanol–water partition coefficient (Wildman–Crippen LogP) is 2.46. The van der Waals surface area contributed by atoms with Gasteiger partial charge in [0.1, 0.15) is 11.4 Å². The fraction of sp³-hybridized carbons (Fsp3) is 0.250. The summed E-state index contributed by atoms with van der Waals surface area (Å²) < 4.78 is 5.12. The molecular weight excluding hydrogens is 256 g/mol. The lowest BCUT2D eigenvalue weighted by Gasteiger charge is -2.11. The van der Waals surface area contributed by atoms with Gasteiger partial charge in [-0.3, -0.25) is 9.63 Å². The number of aromatic nitrogens is 1. The van der Waals surface area contributed by atoms with Crippen molar-refractivity contribution in [2.75, 3.05) is 21.3 Å². The Morgan fingerprint density at radius 3 is 2.67 bits per heavy atom. The number of amides is 1. The number of methoxy groups -OCH3 is 1. The molecule has 5 nitrogen and oxygen atoms in total. The molecule has 0 atom stereocenters. The van der Waals surface area contributed by atoms with E-state index in [2.05, 4.69) is 4.98 Å². The van der Waals surface area contributed by atoms with Crippen LogP contribution < -0.4 is 4.74 Å². The van der Waals surface area contributed by atoms with Crippen molar-refractivity contribution in [3.8, 4) is 5.75 Å². The Kier molecular flexibility index (Phi) is 3.45. The number of carbonyl (C=O) groups excluding carboxylic acids is 1. The van der Waals surface area contributed by atoms with Crippen LogP contribution in [0.5, 0.6) is 5.75 Å². The molecule has 18 heavy (non-hydrogen) atoms. The van der Waals surface area contributed by atoms with Crippen LogP contribution in [0.1, 0.15) is 10.5 Å². The van der Waals surface area contributed by atoms with Crippen LogP contribution in [0.2, 0.25) is 5.02 Å². The van der Waals surface area contributed by atoms with Gasteiger partial charge in [0.05, 0.1) is 19.2 Å². The first-order valence-corrected chi connectivity index (χ1v) is 5.63. The molecule has 0 saturated heterocycles. The van der Waals surface area contributed by atoms with Gasteiger partial charge < -0.3 is 9.72 Å². The standard InChI is InChI=1S/C12H13ClN2O3/c1-15(18-3)12(16)10-5-7-4-8(13)11(17-2)6-9(7)14-10/h4-6,14H,1-3H3. The van der Waals surface area contributed by atoms with Crippen LogP contribution in [-0.2, 0) is 4.84 Å². The zero-order valence-electron chi connectivity index (χ0n) is 10.3. The first-order valence-electron chi connectivity index (χ1n) is 5.25. The number of nitrogens with one attached hydrogen (secondary N) is 1. The molecule has 0 saturated carbocycles. The van der Waals surface area contributed by atoms with Crippen LogP contribution >= 0.6 is 11.6 Å². The summed E-state index contributed by atoms with van der Waals surface area (Å²) in [7, 11) is 4.52. The lowest BCUT2D eigenvalue weighted by molar-refractivity contribution is -0.0759. The molecule has 0 spiro atoms. The molecule has 0 fully saturated rings. The summed E-state index contributed by atoms with van der Waals surface area (Å²) in [5.41, 5.74) is 1.21. The van der Waals surface area contributed by atoms with E-state index in [1.165, 1.54) is 7.11 Å². The third-order valence-corrected chi connectivity index (χ3v) is 2.98. The Hall–Kier alpha value is -1.72. The van der Waals surface area contributed by atoms with Crippen molar-refractivity contribution < 1.29 is 14.4 Å². The summed E-state index contributed by atoms with van der Waals surface area (Å²) in [6.45, 7) is 0. The molecule has 0 aliphatic heterocycles. The third-order valence-electron chi connectivity index (χ3n) is 2.68. The van der Waals surface area contributed by atoms with Crippen molar-refractivity contribution >= 4 is 28.4 Å². The third kappa shape index (κ3) is 2.14. The molecular formula is C12H13ClN2O3. The molecule has 96 valence electrons. The number of rotatable bonds is 3. The van der Waals surface area contributed by atoms with Crippen LogP contribution in [0, 0.1) is 0 Å². The molecule has 1 heterocycles. The zero-order valence-corrected chi connectivity index (χ0v) is 11.0. The number of ether oxygens (including phenoxy) is 1. The molecule has 2 rings (SSSR count). The number of H-pyrrole nitrogens is 1. The van der Waals surface area contributed by atoms with Crippen molar-refractivity contribution in [2.45, 2.75) is 0 Å². The first-order chi connectivity index (χ1) is 8.56. The monoisotopic (exact) mass is 268 g/mol. The van der Waals surface area contributed by atoms with Crippen molar-refractivity contribution in [3.05, 3.63) is 28.9 Å². The Morgan fingerprint density at radius 1 is 1.33 bits per heavy atom. The fourth-order valence-electron chi connectivity index (χ4n) is 1.66. The van der Waals surface area contributed by atoms with Gasteiger partial charge in [-0.2, -0.15) is 0 Å². The molecule has 1 aromatic heterocycles. The van der Waals surface area contributed by atoms with Crippen LogP contribution in [0.3, 0.4) is 0 Å². The van der Waals surface area contributed by atoms with Crippen LogP contribution in [0.4, 0.5) is 0 Å². The minimum Gasteiger partial charge on any atom is -0.495 e. The van der Waals surface area contributed by atoms with Gasteiger partial charge in [-0.25, -0.2) is 5.06 Å². The number of hydrogen-bond donors (Lipinski definition) is 1. The van der Waals surface area contributed by atoms with E-state index in [0.717, 1.165) is 16.0 Å². The van der Waals surface area contributed by atoms with Crippen molar-refractivity contribution in [2.24, 2.45) is 0 Å². The lowest BCUT2D eigenvalue weighted by atomic mass is 10.2. The lowest BCUT2D eigenvalue weighted by Crippen LogP contribution is -2.25. The van der Waals surface area contributed by atoms with E-state index < -0.39 is 0 Å². The summed E-state index contributed by atoms with van der Waals surface area (Å²) in [6.07, 6.45) is 0. The van der Waals surface area contributed by atoms with Gasteiger partial charge >= 0.3 is 0 Å². The maximum absolute atomic E-state index is 11.9. The van der Waals surface area contributed by atoms with Crippen LogP contribution in [-0.4, -0.2) is 37.2 Å². The normalized spacial score (nSPS) is 10.7. The Morgan fingerprint density at radius 2 is 2.06 bits per heavy atom. The smallest absolute Gasteiger partial charge is 0.293 e. The van der Waals surface area contributed by atoms with E-state index in [-0.39, 0.29) is 5.91 Å².